The number of nitrogens with one attached hydrogen (secondary N) is 1. The summed E-state index contributed by atoms with van der Waals surface area (Å²) >= 11 is 0. The fraction of sp³-hybridized carbons (Fsp3) is 0.429. The van der Waals surface area contributed by atoms with Crippen LogP contribution in [0.25, 0.3) is 0 Å². The number of carbonyl (C=O) groups excluding carboxylic acids is 1. The Bertz CT molecular complexity index is 621. The van der Waals surface area contributed by atoms with Gasteiger partial charge in [0, 0.05) is 38.6 Å². The summed E-state index contributed by atoms with van der Waals surface area (Å²) in [5, 5.41) is 2.94. The van der Waals surface area contributed by atoms with Gasteiger partial charge in [-0.05, 0) is 13.1 Å². The van der Waals surface area contributed by atoms with E-state index < -0.39 is 0 Å². The number of rotatable bonds is 4. The first-order chi connectivity index (χ1) is 10.8. The highest BCUT2D eigenvalue weighted by Crippen LogP contribution is 2.12. The highest BCUT2D eigenvalue weighted by molar-refractivity contribution is 5.92. The molecule has 3 heterocycles. The predicted octanol–water partition coefficient (Wildman–Crippen LogP) is 0.146. The van der Waals surface area contributed by atoms with Crippen molar-refractivity contribution < 1.29 is 9.21 Å². The molecule has 0 saturated carbocycles. The molecule has 1 saturated heterocycles. The van der Waals surface area contributed by atoms with E-state index in [1.54, 1.807) is 30.4 Å². The normalized spacial score (nSPS) is 15.1. The highest BCUT2D eigenvalue weighted by Gasteiger charge is 2.25. The molecule has 0 unspecified atom stereocenters. The molecule has 1 amide bonds. The molecule has 1 aliphatic rings. The number of anilines is 1. The first kappa shape index (κ1) is 14.5. The molecule has 8 nitrogen and oxygen atoms in total. The molecule has 3 rings (SSSR count). The summed E-state index contributed by atoms with van der Waals surface area (Å²) in [4.78, 5) is 28.9. The predicted molar refractivity (Wildman–Crippen MR) is 79.4 cm³/mol. The van der Waals surface area contributed by atoms with Crippen LogP contribution in [0.2, 0.25) is 0 Å². The standard InChI is InChI=1S/C14H18N6O2/c1-15-9-12-18-11(10-22-12)13(21)19-5-7-20(8-6-19)14-16-3-2-4-17-14/h2-4,10,15H,5-9H2,1H3. The van der Waals surface area contributed by atoms with Crippen LogP contribution < -0.4 is 10.2 Å². The van der Waals surface area contributed by atoms with E-state index in [1.807, 2.05) is 0 Å². The molecule has 1 fully saturated rings. The molecule has 22 heavy (non-hydrogen) atoms. The summed E-state index contributed by atoms with van der Waals surface area (Å²) in [6, 6.07) is 1.79. The monoisotopic (exact) mass is 302 g/mol. The lowest BCUT2D eigenvalue weighted by atomic mass is 10.3. The van der Waals surface area contributed by atoms with E-state index in [0.717, 1.165) is 0 Å². The number of oxazole rings is 1. The van der Waals surface area contributed by atoms with Gasteiger partial charge in [-0.1, -0.05) is 0 Å². The van der Waals surface area contributed by atoms with Gasteiger partial charge in [0.1, 0.15) is 6.26 Å². The number of nitrogens with zero attached hydrogens (tertiary/aromatic N) is 5. The van der Waals surface area contributed by atoms with Crippen molar-refractivity contribution in [2.45, 2.75) is 6.54 Å². The van der Waals surface area contributed by atoms with Gasteiger partial charge in [0.05, 0.1) is 6.54 Å². The molecule has 0 spiro atoms. The lowest BCUT2D eigenvalue weighted by Gasteiger charge is -2.34. The second-order valence-corrected chi connectivity index (χ2v) is 4.98. The summed E-state index contributed by atoms with van der Waals surface area (Å²) in [5.41, 5.74) is 0.356. The minimum absolute atomic E-state index is 0.0975. The van der Waals surface area contributed by atoms with Crippen molar-refractivity contribution in [1.29, 1.82) is 0 Å². The second-order valence-electron chi connectivity index (χ2n) is 4.98. The Morgan fingerprint density at radius 2 is 2.00 bits per heavy atom. The Balaban J connectivity index is 1.59. The van der Waals surface area contributed by atoms with E-state index >= 15 is 0 Å². The lowest BCUT2D eigenvalue weighted by Crippen LogP contribution is -2.49. The molecule has 1 N–H and O–H groups in total. The van der Waals surface area contributed by atoms with Crippen LogP contribution in [-0.4, -0.2) is 59.0 Å². The molecular weight excluding hydrogens is 284 g/mol. The average Bonchev–Trinajstić information content (AvgIpc) is 3.04. The van der Waals surface area contributed by atoms with Crippen molar-refractivity contribution in [3.63, 3.8) is 0 Å². The van der Waals surface area contributed by atoms with E-state index in [4.69, 9.17) is 4.42 Å². The van der Waals surface area contributed by atoms with Crippen LogP contribution in [0.5, 0.6) is 0 Å². The van der Waals surface area contributed by atoms with Crippen molar-refractivity contribution in [2.24, 2.45) is 0 Å². The van der Waals surface area contributed by atoms with Crippen LogP contribution in [-0.2, 0) is 6.54 Å². The SMILES string of the molecule is CNCc1nc(C(=O)N2CCN(c3ncccn3)CC2)co1. The topological polar surface area (TPSA) is 87.4 Å². The third kappa shape index (κ3) is 3.06. The molecule has 0 bridgehead atoms. The van der Waals surface area contributed by atoms with Gasteiger partial charge in [0.2, 0.25) is 11.8 Å². The quantitative estimate of drug-likeness (QED) is 0.860. The fourth-order valence-corrected chi connectivity index (χ4v) is 2.37. The van der Waals surface area contributed by atoms with Crippen molar-refractivity contribution in [3.05, 3.63) is 36.3 Å². The van der Waals surface area contributed by atoms with E-state index in [-0.39, 0.29) is 5.91 Å². The van der Waals surface area contributed by atoms with Crippen LogP contribution in [0, 0.1) is 0 Å². The van der Waals surface area contributed by atoms with Crippen LogP contribution in [0.3, 0.4) is 0 Å². The van der Waals surface area contributed by atoms with Gasteiger partial charge in [-0.15, -0.1) is 0 Å². The molecule has 2 aromatic heterocycles. The highest BCUT2D eigenvalue weighted by atomic mass is 16.3. The average molecular weight is 302 g/mol. The number of hydrogen-bond acceptors (Lipinski definition) is 7. The number of carbonyl (C=O) groups is 1. The van der Waals surface area contributed by atoms with E-state index in [0.29, 0.717) is 50.3 Å². The summed E-state index contributed by atoms with van der Waals surface area (Å²) in [5.74, 6) is 1.12. The molecular formula is C14H18N6O2. The number of amides is 1. The van der Waals surface area contributed by atoms with Crippen LogP contribution in [0.15, 0.2) is 29.1 Å². The lowest BCUT2D eigenvalue weighted by molar-refractivity contribution is 0.0740. The Labute approximate surface area is 128 Å². The minimum atomic E-state index is -0.0975. The zero-order valence-electron chi connectivity index (χ0n) is 12.4. The number of piperazine rings is 1. The Morgan fingerprint density at radius 3 is 2.68 bits per heavy atom. The Morgan fingerprint density at radius 1 is 1.27 bits per heavy atom. The van der Waals surface area contributed by atoms with Gasteiger partial charge in [-0.25, -0.2) is 15.0 Å². The molecule has 1 aliphatic heterocycles. The van der Waals surface area contributed by atoms with E-state index in [2.05, 4.69) is 25.2 Å². The van der Waals surface area contributed by atoms with Crippen molar-refractivity contribution in [1.82, 2.24) is 25.2 Å². The maximum absolute atomic E-state index is 12.4. The third-order valence-electron chi connectivity index (χ3n) is 3.50. The molecule has 116 valence electrons. The molecule has 0 radical (unpaired) electrons. The Hall–Kier alpha value is -2.48. The maximum atomic E-state index is 12.4. The first-order valence-electron chi connectivity index (χ1n) is 7.18. The summed E-state index contributed by atoms with van der Waals surface area (Å²) in [6.45, 7) is 3.15. The summed E-state index contributed by atoms with van der Waals surface area (Å²) in [6.07, 6.45) is 4.86. The van der Waals surface area contributed by atoms with Gasteiger partial charge in [-0.2, -0.15) is 0 Å². The second kappa shape index (κ2) is 6.52. The third-order valence-corrected chi connectivity index (χ3v) is 3.50. The summed E-state index contributed by atoms with van der Waals surface area (Å²) in [7, 11) is 1.80. The molecule has 0 aromatic carbocycles. The minimum Gasteiger partial charge on any atom is -0.447 e. The fourth-order valence-electron chi connectivity index (χ4n) is 2.37. The Kier molecular flexibility index (Phi) is 4.29. The van der Waals surface area contributed by atoms with Crippen LogP contribution in [0.1, 0.15) is 16.4 Å². The molecule has 0 aliphatic carbocycles. The van der Waals surface area contributed by atoms with Crippen LogP contribution >= 0.6 is 0 Å². The number of hydrogen-bond donors (Lipinski definition) is 1. The van der Waals surface area contributed by atoms with E-state index in [1.165, 1.54) is 6.26 Å². The van der Waals surface area contributed by atoms with E-state index in [9.17, 15) is 4.79 Å². The van der Waals surface area contributed by atoms with Gasteiger partial charge < -0.3 is 19.5 Å². The smallest absolute Gasteiger partial charge is 0.275 e. The van der Waals surface area contributed by atoms with Crippen molar-refractivity contribution in [3.8, 4) is 0 Å². The largest absolute Gasteiger partial charge is 0.447 e. The van der Waals surface area contributed by atoms with Crippen molar-refractivity contribution in [2.75, 3.05) is 38.1 Å². The first-order valence-corrected chi connectivity index (χ1v) is 7.18. The van der Waals surface area contributed by atoms with Gasteiger partial charge in [0.25, 0.3) is 5.91 Å². The number of aromatic nitrogens is 3. The van der Waals surface area contributed by atoms with Gasteiger partial charge >= 0.3 is 0 Å². The molecule has 2 aromatic rings. The maximum Gasteiger partial charge on any atom is 0.275 e. The zero-order chi connectivity index (χ0) is 15.4. The zero-order valence-corrected chi connectivity index (χ0v) is 12.4. The molecule has 0 atom stereocenters. The molecule has 8 heteroatoms. The van der Waals surface area contributed by atoms with Gasteiger partial charge in [0.15, 0.2) is 5.69 Å². The summed E-state index contributed by atoms with van der Waals surface area (Å²) < 4.78 is 5.26. The van der Waals surface area contributed by atoms with Crippen molar-refractivity contribution >= 4 is 11.9 Å². The van der Waals surface area contributed by atoms with Crippen LogP contribution in [0.4, 0.5) is 5.95 Å². The van der Waals surface area contributed by atoms with Gasteiger partial charge in [-0.3, -0.25) is 4.79 Å².